The smallest absolute Gasteiger partial charge is 0.341 e. The minimum absolute atomic E-state index is 0.0960. The highest BCUT2D eigenvalue weighted by Gasteiger charge is 2.21. The highest BCUT2D eigenvalue weighted by Crippen LogP contribution is 2.29. The van der Waals surface area contributed by atoms with Crippen LogP contribution in [0.3, 0.4) is 0 Å². The third-order valence-corrected chi connectivity index (χ3v) is 4.28. The fraction of sp³-hybridized carbons (Fsp3) is 0.333. The Bertz CT molecular complexity index is 765. The van der Waals surface area contributed by atoms with Gasteiger partial charge < -0.3 is 15.2 Å². The summed E-state index contributed by atoms with van der Waals surface area (Å²) in [5.41, 5.74) is 0.384. The van der Waals surface area contributed by atoms with E-state index in [0.717, 1.165) is 9.56 Å². The molecule has 0 unspecified atom stereocenters. The van der Waals surface area contributed by atoms with Crippen LogP contribution in [0.25, 0.3) is 0 Å². The molecule has 0 bridgehead atoms. The van der Waals surface area contributed by atoms with Gasteiger partial charge in [0.2, 0.25) is 0 Å². The number of nitrogens with one attached hydrogen (secondary N) is 1. The van der Waals surface area contributed by atoms with Crippen molar-refractivity contribution in [3.63, 3.8) is 0 Å². The largest absolute Gasteiger partial charge is 0.480 e. The molecular formula is C15H17N3O5S. The number of nitrogens with zero attached hydrogens (tertiary/aromatic N) is 2. The first-order valence-corrected chi connectivity index (χ1v) is 8.12. The number of carboxylic acid groups (broad SMARTS) is 1. The summed E-state index contributed by atoms with van der Waals surface area (Å²) in [6.07, 6.45) is 2.06. The number of esters is 1. The van der Waals surface area contributed by atoms with E-state index < -0.39 is 24.4 Å². The molecule has 0 fully saturated rings. The average Bonchev–Trinajstić information content (AvgIpc) is 3.13. The number of aromatic nitrogens is 2. The van der Waals surface area contributed by atoms with E-state index in [1.165, 1.54) is 23.6 Å². The van der Waals surface area contributed by atoms with Gasteiger partial charge in [-0.05, 0) is 25.5 Å². The zero-order chi connectivity index (χ0) is 17.7. The molecule has 0 spiro atoms. The van der Waals surface area contributed by atoms with Crippen molar-refractivity contribution in [3.05, 3.63) is 34.5 Å². The Morgan fingerprint density at radius 1 is 1.38 bits per heavy atom. The predicted molar refractivity (Wildman–Crippen MR) is 87.5 cm³/mol. The summed E-state index contributed by atoms with van der Waals surface area (Å²) in [7, 11) is 0. The SMILES string of the molecule is CCOC(=O)c1cc(CC)sc1NC(=O)c1ccnn1CC(=O)O. The highest BCUT2D eigenvalue weighted by atomic mass is 32.1. The quantitative estimate of drug-likeness (QED) is 0.738. The number of anilines is 1. The monoisotopic (exact) mass is 351 g/mol. The Morgan fingerprint density at radius 2 is 2.12 bits per heavy atom. The van der Waals surface area contributed by atoms with Gasteiger partial charge in [0.15, 0.2) is 0 Å². The maximum absolute atomic E-state index is 12.4. The molecule has 1 amide bonds. The van der Waals surface area contributed by atoms with Gasteiger partial charge in [0.1, 0.15) is 17.2 Å². The zero-order valence-corrected chi connectivity index (χ0v) is 14.1. The number of rotatable bonds is 7. The van der Waals surface area contributed by atoms with E-state index in [2.05, 4.69) is 10.4 Å². The molecule has 0 aromatic carbocycles. The molecule has 2 N–H and O–H groups in total. The summed E-state index contributed by atoms with van der Waals surface area (Å²) in [6, 6.07) is 3.10. The van der Waals surface area contributed by atoms with Gasteiger partial charge >= 0.3 is 11.9 Å². The molecule has 0 atom stereocenters. The van der Waals surface area contributed by atoms with Crippen molar-refractivity contribution in [1.82, 2.24) is 9.78 Å². The van der Waals surface area contributed by atoms with Crippen molar-refractivity contribution in [3.8, 4) is 0 Å². The van der Waals surface area contributed by atoms with E-state index in [-0.39, 0.29) is 17.9 Å². The molecule has 0 aliphatic rings. The van der Waals surface area contributed by atoms with Crippen LogP contribution in [0.1, 0.15) is 39.6 Å². The van der Waals surface area contributed by atoms with Gasteiger partial charge in [0, 0.05) is 11.1 Å². The normalized spacial score (nSPS) is 10.4. The Balaban J connectivity index is 2.26. The fourth-order valence-corrected chi connectivity index (χ4v) is 3.00. The molecule has 2 rings (SSSR count). The molecule has 8 nitrogen and oxygen atoms in total. The fourth-order valence-electron chi connectivity index (χ4n) is 2.02. The molecule has 0 saturated heterocycles. The predicted octanol–water partition coefficient (Wildman–Crippen LogP) is 2.02. The molecule has 0 aliphatic carbocycles. The van der Waals surface area contributed by atoms with Crippen LogP contribution in [0.15, 0.2) is 18.3 Å². The third-order valence-electron chi connectivity index (χ3n) is 3.09. The Kier molecular flexibility index (Phi) is 5.69. The second-order valence-electron chi connectivity index (χ2n) is 4.75. The maximum Gasteiger partial charge on any atom is 0.341 e. The number of hydrogen-bond acceptors (Lipinski definition) is 6. The molecule has 2 aromatic rings. The number of ether oxygens (including phenoxy) is 1. The van der Waals surface area contributed by atoms with Crippen LogP contribution in [0.2, 0.25) is 0 Å². The number of amides is 1. The summed E-state index contributed by atoms with van der Waals surface area (Å²) in [6.45, 7) is 3.45. The molecule has 2 aromatic heterocycles. The lowest BCUT2D eigenvalue weighted by Crippen LogP contribution is -2.21. The van der Waals surface area contributed by atoms with Crippen LogP contribution >= 0.6 is 11.3 Å². The van der Waals surface area contributed by atoms with Crippen molar-refractivity contribution in [1.29, 1.82) is 0 Å². The zero-order valence-electron chi connectivity index (χ0n) is 13.2. The summed E-state index contributed by atoms with van der Waals surface area (Å²) in [4.78, 5) is 36.1. The molecule has 9 heteroatoms. The number of carboxylic acids is 1. The molecule has 2 heterocycles. The minimum Gasteiger partial charge on any atom is -0.480 e. The van der Waals surface area contributed by atoms with E-state index in [1.54, 1.807) is 13.0 Å². The molecule has 128 valence electrons. The third kappa shape index (κ3) is 3.99. The average molecular weight is 351 g/mol. The molecular weight excluding hydrogens is 334 g/mol. The summed E-state index contributed by atoms with van der Waals surface area (Å²) < 4.78 is 6.08. The Morgan fingerprint density at radius 3 is 2.75 bits per heavy atom. The van der Waals surface area contributed by atoms with Gasteiger partial charge in [-0.2, -0.15) is 5.10 Å². The minimum atomic E-state index is -1.11. The van der Waals surface area contributed by atoms with Crippen molar-refractivity contribution >= 4 is 34.2 Å². The number of carbonyl (C=O) groups excluding carboxylic acids is 2. The van der Waals surface area contributed by atoms with Crippen LogP contribution in [0, 0.1) is 0 Å². The van der Waals surface area contributed by atoms with Crippen molar-refractivity contribution in [2.24, 2.45) is 0 Å². The second-order valence-corrected chi connectivity index (χ2v) is 5.89. The van der Waals surface area contributed by atoms with Gasteiger partial charge in [-0.3, -0.25) is 9.59 Å². The van der Waals surface area contributed by atoms with Crippen LogP contribution < -0.4 is 5.32 Å². The van der Waals surface area contributed by atoms with Crippen molar-refractivity contribution in [2.75, 3.05) is 11.9 Å². The van der Waals surface area contributed by atoms with E-state index >= 15 is 0 Å². The number of aryl methyl sites for hydroxylation is 1. The van der Waals surface area contributed by atoms with Crippen LogP contribution in [-0.4, -0.2) is 39.3 Å². The first-order chi connectivity index (χ1) is 11.5. The lowest BCUT2D eigenvalue weighted by molar-refractivity contribution is -0.137. The summed E-state index contributed by atoms with van der Waals surface area (Å²) in [5.74, 6) is -2.16. The summed E-state index contributed by atoms with van der Waals surface area (Å²) >= 11 is 1.28. The maximum atomic E-state index is 12.4. The number of aliphatic carboxylic acids is 1. The van der Waals surface area contributed by atoms with E-state index in [0.29, 0.717) is 11.4 Å². The molecule has 0 aliphatic heterocycles. The van der Waals surface area contributed by atoms with Gasteiger partial charge in [0.25, 0.3) is 5.91 Å². The lowest BCUT2D eigenvalue weighted by atomic mass is 10.2. The lowest BCUT2D eigenvalue weighted by Gasteiger charge is -2.07. The van der Waals surface area contributed by atoms with Gasteiger partial charge in [-0.15, -0.1) is 11.3 Å². The Hall–Kier alpha value is -2.68. The molecule has 24 heavy (non-hydrogen) atoms. The topological polar surface area (TPSA) is 111 Å². The van der Waals surface area contributed by atoms with Crippen LogP contribution in [-0.2, 0) is 22.5 Å². The van der Waals surface area contributed by atoms with E-state index in [1.807, 2.05) is 6.92 Å². The highest BCUT2D eigenvalue weighted by molar-refractivity contribution is 7.16. The van der Waals surface area contributed by atoms with Crippen LogP contribution in [0.4, 0.5) is 5.00 Å². The Labute approximate surface area is 142 Å². The molecule has 0 saturated carbocycles. The van der Waals surface area contributed by atoms with Crippen molar-refractivity contribution in [2.45, 2.75) is 26.8 Å². The summed E-state index contributed by atoms with van der Waals surface area (Å²) in [5, 5.41) is 15.7. The van der Waals surface area contributed by atoms with Crippen LogP contribution in [0.5, 0.6) is 0 Å². The number of carbonyl (C=O) groups is 3. The van der Waals surface area contributed by atoms with E-state index in [9.17, 15) is 14.4 Å². The second kappa shape index (κ2) is 7.73. The number of thiophene rings is 1. The first-order valence-electron chi connectivity index (χ1n) is 7.31. The van der Waals surface area contributed by atoms with E-state index in [4.69, 9.17) is 9.84 Å². The van der Waals surface area contributed by atoms with Crippen molar-refractivity contribution < 1.29 is 24.2 Å². The molecule has 0 radical (unpaired) electrons. The van der Waals surface area contributed by atoms with Gasteiger partial charge in [-0.1, -0.05) is 6.92 Å². The first kappa shape index (κ1) is 17.7. The standard InChI is InChI=1S/C15H17N3O5S/c1-3-9-7-10(15(22)23-4-2)14(24-9)17-13(21)11-5-6-16-18(11)8-12(19)20/h5-7H,3-4,8H2,1-2H3,(H,17,21)(H,19,20). The van der Waals surface area contributed by atoms with Gasteiger partial charge in [-0.25, -0.2) is 9.48 Å². The van der Waals surface area contributed by atoms with Gasteiger partial charge in [0.05, 0.1) is 12.2 Å². The number of hydrogen-bond donors (Lipinski definition) is 2.